The van der Waals surface area contributed by atoms with Crippen LogP contribution in [0.2, 0.25) is 0 Å². The highest BCUT2D eigenvalue weighted by Gasteiger charge is 2.22. The molecule has 1 aliphatic rings. The fourth-order valence-corrected chi connectivity index (χ4v) is 2.76. The fourth-order valence-electron chi connectivity index (χ4n) is 2.54. The maximum Gasteiger partial charge on any atom is 0.128 e. The number of hydrogen-bond acceptors (Lipinski definition) is 3. The van der Waals surface area contributed by atoms with E-state index in [1.54, 1.807) is 0 Å². The van der Waals surface area contributed by atoms with Gasteiger partial charge in [0.1, 0.15) is 5.82 Å². The van der Waals surface area contributed by atoms with Crippen molar-refractivity contribution < 1.29 is 0 Å². The standard InChI is InChI=1S/C14H22BrN3/c1-4-18-9-7-12(8-10-18)17(3)14-6-5-13(15)11(2)16-14/h5-6,12H,4,7-10H2,1-3H3. The van der Waals surface area contributed by atoms with E-state index in [0.717, 1.165) is 16.0 Å². The Hall–Kier alpha value is -0.610. The third kappa shape index (κ3) is 3.04. The van der Waals surface area contributed by atoms with Gasteiger partial charge in [-0.2, -0.15) is 0 Å². The van der Waals surface area contributed by atoms with E-state index < -0.39 is 0 Å². The summed E-state index contributed by atoms with van der Waals surface area (Å²) in [6.07, 6.45) is 2.47. The number of likely N-dealkylation sites (tertiary alicyclic amines) is 1. The van der Waals surface area contributed by atoms with Crippen LogP contribution in [0, 0.1) is 6.92 Å². The van der Waals surface area contributed by atoms with Crippen molar-refractivity contribution >= 4 is 21.7 Å². The van der Waals surface area contributed by atoms with Gasteiger partial charge < -0.3 is 9.80 Å². The van der Waals surface area contributed by atoms with E-state index in [2.05, 4.69) is 56.8 Å². The first-order chi connectivity index (χ1) is 8.61. The van der Waals surface area contributed by atoms with Crippen LogP contribution in [0.1, 0.15) is 25.5 Å². The lowest BCUT2D eigenvalue weighted by Crippen LogP contribution is -2.43. The highest BCUT2D eigenvalue weighted by Crippen LogP contribution is 2.23. The molecule has 0 spiro atoms. The van der Waals surface area contributed by atoms with Gasteiger partial charge in [-0.1, -0.05) is 6.92 Å². The van der Waals surface area contributed by atoms with Gasteiger partial charge in [-0.15, -0.1) is 0 Å². The lowest BCUT2D eigenvalue weighted by Gasteiger charge is -2.37. The minimum absolute atomic E-state index is 0.626. The van der Waals surface area contributed by atoms with Gasteiger partial charge in [0, 0.05) is 30.7 Å². The van der Waals surface area contributed by atoms with Crippen molar-refractivity contribution in [1.29, 1.82) is 0 Å². The summed E-state index contributed by atoms with van der Waals surface area (Å²) in [5.74, 6) is 1.09. The normalized spacial score (nSPS) is 18.0. The molecule has 0 bridgehead atoms. The van der Waals surface area contributed by atoms with Crippen LogP contribution in [0.4, 0.5) is 5.82 Å². The predicted octanol–water partition coefficient (Wildman–Crippen LogP) is 3.07. The van der Waals surface area contributed by atoms with Gasteiger partial charge in [-0.25, -0.2) is 4.98 Å². The van der Waals surface area contributed by atoms with E-state index in [1.807, 2.05) is 6.92 Å². The Morgan fingerprint density at radius 3 is 2.61 bits per heavy atom. The van der Waals surface area contributed by atoms with Crippen molar-refractivity contribution in [1.82, 2.24) is 9.88 Å². The third-order valence-corrected chi connectivity index (χ3v) is 4.76. The molecule has 100 valence electrons. The minimum Gasteiger partial charge on any atom is -0.357 e. The van der Waals surface area contributed by atoms with E-state index in [-0.39, 0.29) is 0 Å². The lowest BCUT2D eigenvalue weighted by atomic mass is 10.0. The molecular formula is C14H22BrN3. The number of piperidine rings is 1. The van der Waals surface area contributed by atoms with Crippen LogP contribution in [-0.4, -0.2) is 42.6 Å². The first-order valence-corrected chi connectivity index (χ1v) is 7.49. The first kappa shape index (κ1) is 13.8. The first-order valence-electron chi connectivity index (χ1n) is 6.70. The van der Waals surface area contributed by atoms with E-state index in [1.165, 1.54) is 32.5 Å². The number of anilines is 1. The molecule has 1 aromatic rings. The zero-order valence-corrected chi connectivity index (χ0v) is 13.1. The second-order valence-electron chi connectivity index (χ2n) is 5.01. The maximum absolute atomic E-state index is 4.65. The van der Waals surface area contributed by atoms with Crippen LogP contribution in [0.5, 0.6) is 0 Å². The van der Waals surface area contributed by atoms with Gasteiger partial charge in [-0.3, -0.25) is 0 Å². The molecule has 1 saturated heterocycles. The van der Waals surface area contributed by atoms with Crippen LogP contribution in [0.25, 0.3) is 0 Å². The number of rotatable bonds is 3. The lowest BCUT2D eigenvalue weighted by molar-refractivity contribution is 0.220. The average Bonchev–Trinajstić information content (AvgIpc) is 2.41. The number of aryl methyl sites for hydroxylation is 1. The summed E-state index contributed by atoms with van der Waals surface area (Å²) >= 11 is 3.50. The van der Waals surface area contributed by atoms with E-state index in [9.17, 15) is 0 Å². The average molecular weight is 312 g/mol. The van der Waals surface area contributed by atoms with Crippen molar-refractivity contribution in [3.8, 4) is 0 Å². The van der Waals surface area contributed by atoms with Crippen molar-refractivity contribution in [3.63, 3.8) is 0 Å². The topological polar surface area (TPSA) is 19.4 Å². The molecule has 1 aromatic heterocycles. The number of halogens is 1. The Kier molecular flexibility index (Phi) is 4.62. The quantitative estimate of drug-likeness (QED) is 0.855. The molecule has 1 fully saturated rings. The van der Waals surface area contributed by atoms with Crippen molar-refractivity contribution in [2.45, 2.75) is 32.7 Å². The summed E-state index contributed by atoms with van der Waals surface area (Å²) in [5.41, 5.74) is 1.06. The summed E-state index contributed by atoms with van der Waals surface area (Å²) in [4.78, 5) is 9.51. The van der Waals surface area contributed by atoms with Crippen molar-refractivity contribution in [3.05, 3.63) is 22.3 Å². The number of pyridine rings is 1. The largest absolute Gasteiger partial charge is 0.357 e. The van der Waals surface area contributed by atoms with E-state index in [4.69, 9.17) is 0 Å². The molecule has 0 aromatic carbocycles. The molecule has 2 rings (SSSR count). The summed E-state index contributed by atoms with van der Waals surface area (Å²) in [5, 5.41) is 0. The summed E-state index contributed by atoms with van der Waals surface area (Å²) in [6, 6.07) is 4.82. The van der Waals surface area contributed by atoms with Gasteiger partial charge in [0.15, 0.2) is 0 Å². The Morgan fingerprint density at radius 1 is 1.39 bits per heavy atom. The minimum atomic E-state index is 0.626. The van der Waals surface area contributed by atoms with Crippen LogP contribution >= 0.6 is 15.9 Å². The summed E-state index contributed by atoms with van der Waals surface area (Å²) in [7, 11) is 2.17. The zero-order chi connectivity index (χ0) is 13.1. The Morgan fingerprint density at radius 2 is 2.06 bits per heavy atom. The molecule has 1 aliphatic heterocycles. The van der Waals surface area contributed by atoms with Gasteiger partial charge in [-0.05, 0) is 54.4 Å². The molecule has 2 heterocycles. The van der Waals surface area contributed by atoms with E-state index in [0.29, 0.717) is 6.04 Å². The molecule has 0 radical (unpaired) electrons. The molecule has 0 N–H and O–H groups in total. The fraction of sp³-hybridized carbons (Fsp3) is 0.643. The second-order valence-corrected chi connectivity index (χ2v) is 5.87. The highest BCUT2D eigenvalue weighted by atomic mass is 79.9. The monoisotopic (exact) mass is 311 g/mol. The van der Waals surface area contributed by atoms with Crippen LogP contribution in [0.3, 0.4) is 0 Å². The van der Waals surface area contributed by atoms with Crippen LogP contribution in [0.15, 0.2) is 16.6 Å². The molecule has 0 saturated carbocycles. The number of hydrogen-bond donors (Lipinski definition) is 0. The van der Waals surface area contributed by atoms with E-state index >= 15 is 0 Å². The Balaban J connectivity index is 2.03. The molecule has 0 amide bonds. The molecule has 18 heavy (non-hydrogen) atoms. The Labute approximate surface area is 118 Å². The van der Waals surface area contributed by atoms with Crippen molar-refractivity contribution in [2.24, 2.45) is 0 Å². The maximum atomic E-state index is 4.65. The smallest absolute Gasteiger partial charge is 0.128 e. The van der Waals surface area contributed by atoms with Gasteiger partial charge in [0.2, 0.25) is 0 Å². The zero-order valence-electron chi connectivity index (χ0n) is 11.5. The molecule has 4 heteroatoms. The second kappa shape index (κ2) is 6.02. The van der Waals surface area contributed by atoms with Crippen LogP contribution < -0.4 is 4.90 Å². The number of aromatic nitrogens is 1. The van der Waals surface area contributed by atoms with Gasteiger partial charge >= 0.3 is 0 Å². The SMILES string of the molecule is CCN1CCC(N(C)c2ccc(Br)c(C)n2)CC1. The molecule has 3 nitrogen and oxygen atoms in total. The molecular weight excluding hydrogens is 290 g/mol. The highest BCUT2D eigenvalue weighted by molar-refractivity contribution is 9.10. The van der Waals surface area contributed by atoms with Crippen molar-refractivity contribution in [2.75, 3.05) is 31.6 Å². The molecule has 0 atom stereocenters. The summed E-state index contributed by atoms with van der Waals surface area (Å²) in [6.45, 7) is 7.87. The summed E-state index contributed by atoms with van der Waals surface area (Å²) < 4.78 is 1.08. The Bertz CT molecular complexity index is 400. The molecule has 0 aliphatic carbocycles. The molecule has 0 unspecified atom stereocenters. The van der Waals surface area contributed by atoms with Gasteiger partial charge in [0.25, 0.3) is 0 Å². The van der Waals surface area contributed by atoms with Crippen LogP contribution in [-0.2, 0) is 0 Å². The predicted molar refractivity (Wildman–Crippen MR) is 80.2 cm³/mol. The van der Waals surface area contributed by atoms with Gasteiger partial charge in [0.05, 0.1) is 5.69 Å². The number of nitrogens with zero attached hydrogens (tertiary/aromatic N) is 3. The third-order valence-electron chi connectivity index (χ3n) is 3.92.